The molecular formula is C12H14F3NS. The van der Waals surface area contributed by atoms with Crippen molar-refractivity contribution < 1.29 is 13.2 Å². The van der Waals surface area contributed by atoms with Crippen LogP contribution in [-0.2, 0) is 6.18 Å². The lowest BCUT2D eigenvalue weighted by Gasteiger charge is -2.18. The molecule has 1 fully saturated rings. The third-order valence-corrected chi connectivity index (χ3v) is 4.24. The van der Waals surface area contributed by atoms with Crippen molar-refractivity contribution in [1.29, 1.82) is 0 Å². The molecule has 0 aromatic heterocycles. The van der Waals surface area contributed by atoms with Crippen molar-refractivity contribution in [3.8, 4) is 0 Å². The van der Waals surface area contributed by atoms with Crippen molar-refractivity contribution in [3.05, 3.63) is 29.8 Å². The van der Waals surface area contributed by atoms with Crippen LogP contribution in [0.4, 0.5) is 18.9 Å². The third kappa shape index (κ3) is 3.09. The summed E-state index contributed by atoms with van der Waals surface area (Å²) in [6.07, 6.45) is -3.27. The van der Waals surface area contributed by atoms with E-state index in [4.69, 9.17) is 0 Å². The first-order valence-electron chi connectivity index (χ1n) is 5.52. The molecule has 2 atom stereocenters. The highest BCUT2D eigenvalue weighted by atomic mass is 32.2. The fourth-order valence-electron chi connectivity index (χ4n) is 1.92. The first-order chi connectivity index (χ1) is 7.97. The minimum absolute atomic E-state index is 0.267. The van der Waals surface area contributed by atoms with Crippen molar-refractivity contribution in [2.45, 2.75) is 30.8 Å². The molecule has 1 heterocycles. The number of alkyl halides is 3. The molecule has 1 nitrogen and oxygen atoms in total. The van der Waals surface area contributed by atoms with Crippen LogP contribution >= 0.6 is 11.8 Å². The van der Waals surface area contributed by atoms with E-state index < -0.39 is 11.7 Å². The van der Waals surface area contributed by atoms with Crippen molar-refractivity contribution >= 4 is 17.4 Å². The van der Waals surface area contributed by atoms with Gasteiger partial charge in [-0.1, -0.05) is 13.0 Å². The van der Waals surface area contributed by atoms with E-state index in [2.05, 4.69) is 12.2 Å². The number of benzene rings is 1. The summed E-state index contributed by atoms with van der Waals surface area (Å²) in [6, 6.07) is 5.67. The van der Waals surface area contributed by atoms with Gasteiger partial charge in [-0.05, 0) is 30.4 Å². The summed E-state index contributed by atoms with van der Waals surface area (Å²) in [7, 11) is 0. The summed E-state index contributed by atoms with van der Waals surface area (Å²) in [5.41, 5.74) is -0.0417. The molecule has 1 aromatic carbocycles. The molecule has 2 unspecified atom stereocenters. The highest BCUT2D eigenvalue weighted by Gasteiger charge is 2.31. The lowest BCUT2D eigenvalue weighted by atomic mass is 10.1. The highest BCUT2D eigenvalue weighted by Crippen LogP contribution is 2.32. The van der Waals surface area contributed by atoms with Gasteiger partial charge in [0.25, 0.3) is 0 Å². The predicted octanol–water partition coefficient (Wildman–Crippen LogP) is 4.01. The second kappa shape index (κ2) is 4.80. The van der Waals surface area contributed by atoms with Gasteiger partial charge in [0.2, 0.25) is 0 Å². The van der Waals surface area contributed by atoms with E-state index in [0.717, 1.165) is 18.2 Å². The summed E-state index contributed by atoms with van der Waals surface area (Å²) in [6.45, 7) is 2.10. The summed E-state index contributed by atoms with van der Waals surface area (Å²) in [5, 5.41) is 3.63. The molecule has 17 heavy (non-hydrogen) atoms. The van der Waals surface area contributed by atoms with Gasteiger partial charge in [0.15, 0.2) is 0 Å². The SMILES string of the molecule is CC1SCCC1Nc1cccc(C(F)(F)F)c1. The van der Waals surface area contributed by atoms with Crippen LogP contribution in [0.5, 0.6) is 0 Å². The van der Waals surface area contributed by atoms with Crippen LogP contribution in [0.15, 0.2) is 24.3 Å². The molecule has 2 rings (SSSR count). The maximum atomic E-state index is 12.5. The molecule has 0 radical (unpaired) electrons. The number of hydrogen-bond acceptors (Lipinski definition) is 2. The molecule has 1 aliphatic rings. The van der Waals surface area contributed by atoms with Crippen LogP contribution in [0.25, 0.3) is 0 Å². The molecule has 0 saturated carbocycles. The molecule has 1 N–H and O–H groups in total. The minimum atomic E-state index is -4.27. The Labute approximate surface area is 103 Å². The smallest absolute Gasteiger partial charge is 0.381 e. The predicted molar refractivity (Wildman–Crippen MR) is 65.4 cm³/mol. The Kier molecular flexibility index (Phi) is 3.56. The van der Waals surface area contributed by atoms with Gasteiger partial charge < -0.3 is 5.32 Å². The van der Waals surface area contributed by atoms with Crippen molar-refractivity contribution in [2.24, 2.45) is 0 Å². The normalized spacial score (nSPS) is 24.9. The molecule has 1 aromatic rings. The topological polar surface area (TPSA) is 12.0 Å². The van der Waals surface area contributed by atoms with Crippen molar-refractivity contribution in [3.63, 3.8) is 0 Å². The van der Waals surface area contributed by atoms with Crippen molar-refractivity contribution in [1.82, 2.24) is 0 Å². The van der Waals surface area contributed by atoms with E-state index in [1.54, 1.807) is 6.07 Å². The quantitative estimate of drug-likeness (QED) is 0.863. The Morgan fingerprint density at radius 1 is 1.35 bits per heavy atom. The van der Waals surface area contributed by atoms with Crippen LogP contribution in [-0.4, -0.2) is 17.0 Å². The summed E-state index contributed by atoms with van der Waals surface area (Å²) in [5.74, 6) is 1.07. The fraction of sp³-hybridized carbons (Fsp3) is 0.500. The maximum absolute atomic E-state index is 12.5. The van der Waals surface area contributed by atoms with E-state index in [9.17, 15) is 13.2 Å². The van der Waals surface area contributed by atoms with Gasteiger partial charge >= 0.3 is 6.18 Å². The van der Waals surface area contributed by atoms with Crippen LogP contribution in [0, 0.1) is 0 Å². The van der Waals surface area contributed by atoms with Crippen molar-refractivity contribution in [2.75, 3.05) is 11.1 Å². The molecular weight excluding hydrogens is 247 g/mol. The van der Waals surface area contributed by atoms with Gasteiger partial charge in [-0.15, -0.1) is 0 Å². The molecule has 94 valence electrons. The molecule has 0 aliphatic carbocycles. The molecule has 5 heteroatoms. The fourth-order valence-corrected chi connectivity index (χ4v) is 3.12. The number of nitrogens with one attached hydrogen (secondary N) is 1. The van der Waals surface area contributed by atoms with E-state index in [1.807, 2.05) is 11.8 Å². The van der Waals surface area contributed by atoms with Gasteiger partial charge in [-0.2, -0.15) is 24.9 Å². The van der Waals surface area contributed by atoms with E-state index >= 15 is 0 Å². The molecule has 1 saturated heterocycles. The van der Waals surface area contributed by atoms with Crippen LogP contribution in [0.3, 0.4) is 0 Å². The molecule has 0 spiro atoms. The Bertz CT molecular complexity index is 392. The second-order valence-corrected chi connectivity index (χ2v) is 5.68. The zero-order valence-electron chi connectivity index (χ0n) is 9.42. The Balaban J connectivity index is 2.11. The van der Waals surface area contributed by atoms with Crippen LogP contribution < -0.4 is 5.32 Å². The van der Waals surface area contributed by atoms with Gasteiger partial charge in [0, 0.05) is 17.0 Å². The van der Waals surface area contributed by atoms with E-state index in [-0.39, 0.29) is 6.04 Å². The monoisotopic (exact) mass is 261 g/mol. The number of halogens is 3. The minimum Gasteiger partial charge on any atom is -0.381 e. The average Bonchev–Trinajstić information content (AvgIpc) is 2.64. The standard InChI is InChI=1S/C12H14F3NS/c1-8-11(5-6-17-8)16-10-4-2-3-9(7-10)12(13,14)15/h2-4,7-8,11,16H,5-6H2,1H3. The van der Waals surface area contributed by atoms with Crippen LogP contribution in [0.2, 0.25) is 0 Å². The lowest BCUT2D eigenvalue weighted by molar-refractivity contribution is -0.137. The Morgan fingerprint density at radius 2 is 2.12 bits per heavy atom. The number of thioether (sulfide) groups is 1. The summed E-state index contributed by atoms with van der Waals surface area (Å²) in [4.78, 5) is 0. The van der Waals surface area contributed by atoms with E-state index in [1.165, 1.54) is 12.1 Å². The zero-order chi connectivity index (χ0) is 12.5. The van der Waals surface area contributed by atoms with Gasteiger partial charge in [0.05, 0.1) is 5.56 Å². The highest BCUT2D eigenvalue weighted by molar-refractivity contribution is 8.00. The number of rotatable bonds is 2. The lowest BCUT2D eigenvalue weighted by Crippen LogP contribution is -2.24. The first kappa shape index (κ1) is 12.6. The van der Waals surface area contributed by atoms with Gasteiger partial charge in [-0.25, -0.2) is 0 Å². The summed E-state index contributed by atoms with van der Waals surface area (Å²) >= 11 is 1.85. The number of hydrogen-bond donors (Lipinski definition) is 1. The zero-order valence-corrected chi connectivity index (χ0v) is 10.2. The third-order valence-electron chi connectivity index (χ3n) is 2.92. The molecule has 1 aliphatic heterocycles. The van der Waals surface area contributed by atoms with Gasteiger partial charge in [0.1, 0.15) is 0 Å². The average molecular weight is 261 g/mol. The molecule has 0 amide bonds. The van der Waals surface area contributed by atoms with Gasteiger partial charge in [-0.3, -0.25) is 0 Å². The number of anilines is 1. The summed E-state index contributed by atoms with van der Waals surface area (Å²) < 4.78 is 37.6. The molecule has 0 bridgehead atoms. The Hall–Kier alpha value is -0.840. The Morgan fingerprint density at radius 3 is 2.71 bits per heavy atom. The van der Waals surface area contributed by atoms with E-state index in [0.29, 0.717) is 10.9 Å². The first-order valence-corrected chi connectivity index (χ1v) is 6.57. The maximum Gasteiger partial charge on any atom is 0.416 e. The van der Waals surface area contributed by atoms with Crippen LogP contribution in [0.1, 0.15) is 18.9 Å². The largest absolute Gasteiger partial charge is 0.416 e. The second-order valence-electron chi connectivity index (χ2n) is 4.19.